The van der Waals surface area contributed by atoms with E-state index in [1.807, 2.05) is 6.20 Å². The quantitative estimate of drug-likeness (QED) is 0.217. The zero-order valence-corrected chi connectivity index (χ0v) is 23.3. The summed E-state index contributed by atoms with van der Waals surface area (Å²) in [6.45, 7) is 13.9. The van der Waals surface area contributed by atoms with Gasteiger partial charge in [-0.1, -0.05) is 94.4 Å². The van der Waals surface area contributed by atoms with Gasteiger partial charge in [-0.3, -0.25) is 4.40 Å². The number of rotatable bonds is 5. The number of fused-ring (bicyclic) bond motifs is 6. The average molecular weight is 497 g/mol. The average Bonchev–Trinajstić information content (AvgIpc) is 3.42. The lowest BCUT2D eigenvalue weighted by atomic mass is 9.69. The van der Waals surface area contributed by atoms with Crippen LogP contribution in [-0.2, 0) is 5.41 Å². The van der Waals surface area contributed by atoms with Gasteiger partial charge in [0.1, 0.15) is 5.65 Å². The fourth-order valence-electron chi connectivity index (χ4n) is 6.34. The van der Waals surface area contributed by atoms with Gasteiger partial charge in [-0.2, -0.15) is 0 Å². The van der Waals surface area contributed by atoms with Gasteiger partial charge >= 0.3 is 0 Å². The van der Waals surface area contributed by atoms with Gasteiger partial charge < -0.3 is 0 Å². The van der Waals surface area contributed by atoms with Crippen LogP contribution in [-0.4, -0.2) is 9.38 Å². The van der Waals surface area contributed by atoms with Crippen molar-refractivity contribution in [3.05, 3.63) is 108 Å². The molecule has 6 rings (SSSR count). The summed E-state index contributed by atoms with van der Waals surface area (Å²) in [6.07, 6.45) is 5.17. The molecule has 0 aliphatic rings. The highest BCUT2D eigenvalue weighted by molar-refractivity contribution is 6.21. The first-order valence-corrected chi connectivity index (χ1v) is 13.8. The highest BCUT2D eigenvalue weighted by Crippen LogP contribution is 2.47. The maximum Gasteiger partial charge on any atom is 0.145 e. The molecule has 0 radical (unpaired) electrons. The molecule has 0 saturated carbocycles. The number of pyridine rings is 1. The van der Waals surface area contributed by atoms with Crippen molar-refractivity contribution in [2.45, 2.75) is 53.4 Å². The highest BCUT2D eigenvalue weighted by Gasteiger charge is 2.32. The second-order valence-electron chi connectivity index (χ2n) is 11.3. The van der Waals surface area contributed by atoms with Crippen LogP contribution in [0.25, 0.3) is 49.6 Å². The molecule has 2 heteroatoms. The molecule has 0 saturated heterocycles. The summed E-state index contributed by atoms with van der Waals surface area (Å²) >= 11 is 0. The maximum atomic E-state index is 5.04. The zero-order valence-electron chi connectivity index (χ0n) is 23.3. The van der Waals surface area contributed by atoms with E-state index >= 15 is 0 Å². The highest BCUT2D eigenvalue weighted by atomic mass is 15.0. The molecule has 0 bridgehead atoms. The molecule has 2 aromatic heterocycles. The minimum Gasteiger partial charge on any atom is -0.299 e. The first-order chi connectivity index (χ1) is 18.3. The zero-order chi connectivity index (χ0) is 26.6. The minimum atomic E-state index is 0.0225. The Bertz CT molecular complexity index is 1810. The van der Waals surface area contributed by atoms with E-state index in [-0.39, 0.29) is 5.41 Å². The predicted octanol–water partition coefficient (Wildman–Crippen LogP) is 9.92. The Morgan fingerprint density at radius 1 is 0.816 bits per heavy atom. The number of imidazole rings is 1. The molecule has 4 aromatic carbocycles. The van der Waals surface area contributed by atoms with E-state index < -0.39 is 0 Å². The topological polar surface area (TPSA) is 17.3 Å². The van der Waals surface area contributed by atoms with Crippen molar-refractivity contribution < 1.29 is 0 Å². The number of hydrogen-bond acceptors (Lipinski definition) is 1. The Hall–Kier alpha value is -3.91. The molecule has 1 atom stereocenters. The molecule has 1 unspecified atom stereocenters. The molecule has 0 N–H and O–H groups in total. The summed E-state index contributed by atoms with van der Waals surface area (Å²) in [5.74, 6) is 0.489. The standard InChI is InChI=1S/C36H36N2/c1-7-36(6,23(2)3)31-18-17-28(27-16-12-11-13-25(27)5)32-30-22-24(4)21-29(26-14-9-8-10-15-26)34(30)38-20-19-37-35(38)33(31)32/h8-23H,7H2,1-6H3. The summed E-state index contributed by atoms with van der Waals surface area (Å²) in [7, 11) is 0. The van der Waals surface area contributed by atoms with Crippen LogP contribution in [0.2, 0.25) is 0 Å². The van der Waals surface area contributed by atoms with Gasteiger partial charge in [0.15, 0.2) is 0 Å². The minimum absolute atomic E-state index is 0.0225. The largest absolute Gasteiger partial charge is 0.299 e. The normalized spacial score (nSPS) is 13.6. The fourth-order valence-corrected chi connectivity index (χ4v) is 6.34. The van der Waals surface area contributed by atoms with E-state index in [1.54, 1.807) is 0 Å². The first kappa shape index (κ1) is 24.4. The molecule has 2 nitrogen and oxygen atoms in total. The van der Waals surface area contributed by atoms with Crippen LogP contribution in [0.4, 0.5) is 0 Å². The molecular weight excluding hydrogens is 460 g/mol. The Balaban J connectivity index is 1.92. The monoisotopic (exact) mass is 496 g/mol. The van der Waals surface area contributed by atoms with E-state index in [0.29, 0.717) is 5.92 Å². The lowest BCUT2D eigenvalue weighted by Gasteiger charge is -2.35. The maximum absolute atomic E-state index is 5.04. The van der Waals surface area contributed by atoms with Gasteiger partial charge in [0.2, 0.25) is 0 Å². The molecule has 38 heavy (non-hydrogen) atoms. The van der Waals surface area contributed by atoms with Crippen molar-refractivity contribution in [3.63, 3.8) is 0 Å². The van der Waals surface area contributed by atoms with Gasteiger partial charge in [-0.15, -0.1) is 0 Å². The van der Waals surface area contributed by atoms with Crippen LogP contribution < -0.4 is 0 Å². The van der Waals surface area contributed by atoms with Crippen molar-refractivity contribution in [1.82, 2.24) is 9.38 Å². The van der Waals surface area contributed by atoms with E-state index in [0.717, 1.165) is 12.1 Å². The Morgan fingerprint density at radius 2 is 1.55 bits per heavy atom. The van der Waals surface area contributed by atoms with Crippen molar-refractivity contribution in [2.24, 2.45) is 5.92 Å². The van der Waals surface area contributed by atoms with Crippen molar-refractivity contribution in [2.75, 3.05) is 0 Å². The Labute approximate surface area is 226 Å². The molecule has 6 aromatic rings. The number of aryl methyl sites for hydroxylation is 2. The van der Waals surface area contributed by atoms with Gasteiger partial charge in [-0.25, -0.2) is 4.98 Å². The smallest absolute Gasteiger partial charge is 0.145 e. The number of aromatic nitrogens is 2. The summed E-state index contributed by atoms with van der Waals surface area (Å²) in [4.78, 5) is 5.04. The third kappa shape index (κ3) is 3.58. The summed E-state index contributed by atoms with van der Waals surface area (Å²) in [6, 6.07) is 29.0. The lowest BCUT2D eigenvalue weighted by molar-refractivity contribution is 0.329. The van der Waals surface area contributed by atoms with Gasteiger partial charge in [0, 0.05) is 34.1 Å². The molecule has 2 heterocycles. The van der Waals surface area contributed by atoms with E-state index in [2.05, 4.69) is 131 Å². The second-order valence-corrected chi connectivity index (χ2v) is 11.3. The van der Waals surface area contributed by atoms with Gasteiger partial charge in [0.25, 0.3) is 0 Å². The van der Waals surface area contributed by atoms with Gasteiger partial charge in [-0.05, 0) is 77.1 Å². The number of nitrogens with zero attached hydrogens (tertiary/aromatic N) is 2. The van der Waals surface area contributed by atoms with E-state index in [1.165, 1.54) is 60.6 Å². The molecule has 0 spiro atoms. The SMILES string of the molecule is CCC(C)(c1ccc(-c2ccccc2C)c2c3cc(C)cc(-c4ccccc4)c3n3ccnc3c12)C(C)C. The van der Waals surface area contributed by atoms with Crippen LogP contribution in [0, 0.1) is 19.8 Å². The van der Waals surface area contributed by atoms with E-state index in [4.69, 9.17) is 4.98 Å². The Kier molecular flexibility index (Phi) is 5.87. The second kappa shape index (κ2) is 9.13. The molecule has 0 aliphatic carbocycles. The van der Waals surface area contributed by atoms with Crippen molar-refractivity contribution in [1.29, 1.82) is 0 Å². The van der Waals surface area contributed by atoms with Crippen LogP contribution in [0.15, 0.2) is 91.3 Å². The molecule has 190 valence electrons. The molecule has 0 fully saturated rings. The molecule has 0 aliphatic heterocycles. The fraction of sp³-hybridized carbons (Fsp3) is 0.250. The van der Waals surface area contributed by atoms with Crippen LogP contribution in [0.5, 0.6) is 0 Å². The summed E-state index contributed by atoms with van der Waals surface area (Å²) < 4.78 is 2.33. The third-order valence-corrected chi connectivity index (χ3v) is 8.98. The lowest BCUT2D eigenvalue weighted by Crippen LogP contribution is -2.28. The molecule has 0 amide bonds. The van der Waals surface area contributed by atoms with Crippen molar-refractivity contribution in [3.8, 4) is 22.3 Å². The van der Waals surface area contributed by atoms with Crippen LogP contribution in [0.1, 0.15) is 50.8 Å². The number of hydrogen-bond donors (Lipinski definition) is 0. The predicted molar refractivity (Wildman–Crippen MR) is 163 cm³/mol. The number of benzene rings is 4. The van der Waals surface area contributed by atoms with E-state index in [9.17, 15) is 0 Å². The van der Waals surface area contributed by atoms with Crippen molar-refractivity contribution >= 4 is 27.3 Å². The van der Waals surface area contributed by atoms with Crippen LogP contribution in [0.3, 0.4) is 0 Å². The first-order valence-electron chi connectivity index (χ1n) is 13.8. The summed E-state index contributed by atoms with van der Waals surface area (Å²) in [5.41, 5.74) is 11.3. The third-order valence-electron chi connectivity index (χ3n) is 8.98. The summed E-state index contributed by atoms with van der Waals surface area (Å²) in [5, 5.41) is 3.88. The molecular formula is C36H36N2. The van der Waals surface area contributed by atoms with Crippen LogP contribution >= 0.6 is 0 Å². The Morgan fingerprint density at radius 3 is 2.26 bits per heavy atom. The van der Waals surface area contributed by atoms with Gasteiger partial charge in [0.05, 0.1) is 5.52 Å².